The maximum absolute atomic E-state index is 13.0. The van der Waals surface area contributed by atoms with Gasteiger partial charge < -0.3 is 4.90 Å². The Hall–Kier alpha value is -0.550. The molecule has 1 aliphatic rings. The minimum absolute atomic E-state index is 0.0322. The van der Waals surface area contributed by atoms with Crippen LogP contribution in [-0.4, -0.2) is 34.4 Å². The third-order valence-electron chi connectivity index (χ3n) is 2.87. The molecule has 1 aromatic carbocycles. The molecule has 98 valence electrons. The molecule has 1 aromatic rings. The summed E-state index contributed by atoms with van der Waals surface area (Å²) >= 11 is 5.13. The summed E-state index contributed by atoms with van der Waals surface area (Å²) in [6, 6.07) is 4.19. The molecule has 1 amide bonds. The van der Waals surface area contributed by atoms with E-state index in [0.29, 0.717) is 10.0 Å². The van der Waals surface area contributed by atoms with Crippen LogP contribution in [-0.2, 0) is 0 Å². The molecule has 18 heavy (non-hydrogen) atoms. The number of benzene rings is 1. The van der Waals surface area contributed by atoms with Gasteiger partial charge in [0.25, 0.3) is 5.91 Å². The molecule has 0 aromatic heterocycles. The number of amides is 1. The third kappa shape index (κ3) is 3.06. The van der Waals surface area contributed by atoms with Crippen molar-refractivity contribution in [2.75, 3.05) is 18.8 Å². The SMILES string of the molecule is CC1(C)CN(C(=O)c2ccc(F)cc2Br)CCS1. The number of carbonyl (C=O) groups excluding carboxylic acids is 1. The third-order valence-corrected chi connectivity index (χ3v) is 4.83. The highest BCUT2D eigenvalue weighted by Gasteiger charge is 2.30. The number of carbonyl (C=O) groups is 1. The fourth-order valence-electron chi connectivity index (χ4n) is 2.02. The zero-order chi connectivity index (χ0) is 13.3. The first kappa shape index (κ1) is 13.9. The molecule has 1 fully saturated rings. The lowest BCUT2D eigenvalue weighted by Crippen LogP contribution is -2.46. The lowest BCUT2D eigenvalue weighted by Gasteiger charge is -2.37. The molecule has 0 radical (unpaired) electrons. The molecule has 1 heterocycles. The van der Waals surface area contributed by atoms with Gasteiger partial charge in [0.2, 0.25) is 0 Å². The smallest absolute Gasteiger partial charge is 0.255 e. The molecule has 2 nitrogen and oxygen atoms in total. The highest BCUT2D eigenvalue weighted by atomic mass is 79.9. The summed E-state index contributed by atoms with van der Waals surface area (Å²) in [5, 5.41) is 0. The molecule has 1 aliphatic heterocycles. The molecule has 0 saturated carbocycles. The van der Waals surface area contributed by atoms with E-state index in [1.807, 2.05) is 16.7 Å². The van der Waals surface area contributed by atoms with Crippen LogP contribution in [0.4, 0.5) is 4.39 Å². The topological polar surface area (TPSA) is 20.3 Å². The van der Waals surface area contributed by atoms with Gasteiger partial charge in [0, 0.05) is 28.1 Å². The van der Waals surface area contributed by atoms with Gasteiger partial charge in [0.05, 0.1) is 5.56 Å². The predicted molar refractivity (Wildman–Crippen MR) is 76.5 cm³/mol. The second-order valence-corrected chi connectivity index (χ2v) is 7.62. The lowest BCUT2D eigenvalue weighted by atomic mass is 10.1. The minimum atomic E-state index is -0.340. The van der Waals surface area contributed by atoms with Crippen LogP contribution in [0.3, 0.4) is 0 Å². The lowest BCUT2D eigenvalue weighted by molar-refractivity contribution is 0.0747. The van der Waals surface area contributed by atoms with E-state index in [1.165, 1.54) is 18.2 Å². The zero-order valence-electron chi connectivity index (χ0n) is 10.4. The van der Waals surface area contributed by atoms with Gasteiger partial charge in [-0.05, 0) is 48.0 Å². The van der Waals surface area contributed by atoms with Crippen molar-refractivity contribution in [1.29, 1.82) is 0 Å². The van der Waals surface area contributed by atoms with Crippen molar-refractivity contribution in [3.8, 4) is 0 Å². The second-order valence-electron chi connectivity index (χ2n) is 4.96. The molecule has 0 atom stereocenters. The Labute approximate surface area is 119 Å². The monoisotopic (exact) mass is 331 g/mol. The van der Waals surface area contributed by atoms with E-state index in [0.717, 1.165) is 18.8 Å². The van der Waals surface area contributed by atoms with E-state index in [9.17, 15) is 9.18 Å². The van der Waals surface area contributed by atoms with Gasteiger partial charge >= 0.3 is 0 Å². The van der Waals surface area contributed by atoms with E-state index < -0.39 is 0 Å². The van der Waals surface area contributed by atoms with E-state index >= 15 is 0 Å². The Bertz CT molecular complexity index is 478. The Morgan fingerprint density at radius 3 is 2.83 bits per heavy atom. The highest BCUT2D eigenvalue weighted by molar-refractivity contribution is 9.10. The fraction of sp³-hybridized carbons (Fsp3) is 0.462. The number of hydrogen-bond acceptors (Lipinski definition) is 2. The number of hydrogen-bond donors (Lipinski definition) is 0. The van der Waals surface area contributed by atoms with Crippen molar-refractivity contribution in [3.05, 3.63) is 34.1 Å². The average Bonchev–Trinajstić information content (AvgIpc) is 2.27. The van der Waals surface area contributed by atoms with Crippen LogP contribution < -0.4 is 0 Å². The van der Waals surface area contributed by atoms with Crippen molar-refractivity contribution in [2.45, 2.75) is 18.6 Å². The summed E-state index contributed by atoms with van der Waals surface area (Å²) in [4.78, 5) is 14.2. The van der Waals surface area contributed by atoms with Gasteiger partial charge in [-0.1, -0.05) is 0 Å². The van der Waals surface area contributed by atoms with E-state index in [4.69, 9.17) is 0 Å². The summed E-state index contributed by atoms with van der Waals surface area (Å²) in [5.41, 5.74) is 0.527. The number of rotatable bonds is 1. The van der Waals surface area contributed by atoms with Gasteiger partial charge in [0.15, 0.2) is 0 Å². The summed E-state index contributed by atoms with van der Waals surface area (Å²) in [7, 11) is 0. The van der Waals surface area contributed by atoms with Gasteiger partial charge in [-0.3, -0.25) is 4.79 Å². The molecule has 5 heteroatoms. The summed E-state index contributed by atoms with van der Waals surface area (Å²) in [5.74, 6) is 0.570. The first-order valence-electron chi connectivity index (χ1n) is 5.77. The molecule has 2 rings (SSSR count). The molecule has 0 bridgehead atoms. The van der Waals surface area contributed by atoms with Crippen molar-refractivity contribution in [3.63, 3.8) is 0 Å². The predicted octanol–water partition coefficient (Wildman–Crippen LogP) is 3.56. The van der Waals surface area contributed by atoms with Crippen LogP contribution in [0.25, 0.3) is 0 Å². The normalized spacial score (nSPS) is 18.8. The Kier molecular flexibility index (Phi) is 4.02. The van der Waals surface area contributed by atoms with Crippen LogP contribution in [0.2, 0.25) is 0 Å². The number of halogens is 2. The van der Waals surface area contributed by atoms with Crippen LogP contribution in [0.15, 0.2) is 22.7 Å². The summed E-state index contributed by atoms with van der Waals surface area (Å²) < 4.78 is 13.6. The maximum Gasteiger partial charge on any atom is 0.255 e. The van der Waals surface area contributed by atoms with Crippen molar-refractivity contribution < 1.29 is 9.18 Å². The average molecular weight is 332 g/mol. The van der Waals surface area contributed by atoms with E-state index in [-0.39, 0.29) is 16.5 Å². The van der Waals surface area contributed by atoms with Crippen molar-refractivity contribution >= 4 is 33.6 Å². The molecular formula is C13H15BrFNOS. The summed E-state index contributed by atoms with van der Waals surface area (Å²) in [6.07, 6.45) is 0. The van der Waals surface area contributed by atoms with E-state index in [1.54, 1.807) is 0 Å². The highest BCUT2D eigenvalue weighted by Crippen LogP contribution is 2.31. The van der Waals surface area contributed by atoms with Gasteiger partial charge in [0.1, 0.15) is 5.82 Å². The zero-order valence-corrected chi connectivity index (χ0v) is 12.8. The largest absolute Gasteiger partial charge is 0.336 e. The first-order valence-corrected chi connectivity index (χ1v) is 7.55. The molecule has 0 N–H and O–H groups in total. The summed E-state index contributed by atoms with van der Waals surface area (Å²) in [6.45, 7) is 5.74. The number of thioether (sulfide) groups is 1. The van der Waals surface area contributed by atoms with Crippen LogP contribution >= 0.6 is 27.7 Å². The fourth-order valence-corrected chi connectivity index (χ4v) is 3.65. The van der Waals surface area contributed by atoms with E-state index in [2.05, 4.69) is 29.8 Å². The van der Waals surface area contributed by atoms with Crippen LogP contribution in [0.5, 0.6) is 0 Å². The molecule has 1 saturated heterocycles. The van der Waals surface area contributed by atoms with Crippen molar-refractivity contribution in [2.24, 2.45) is 0 Å². The van der Waals surface area contributed by atoms with Crippen LogP contribution in [0.1, 0.15) is 24.2 Å². The van der Waals surface area contributed by atoms with Gasteiger partial charge in [-0.25, -0.2) is 4.39 Å². The molecular weight excluding hydrogens is 317 g/mol. The Balaban J connectivity index is 2.20. The van der Waals surface area contributed by atoms with Crippen molar-refractivity contribution in [1.82, 2.24) is 4.90 Å². The minimum Gasteiger partial charge on any atom is -0.336 e. The number of nitrogens with zero attached hydrogens (tertiary/aromatic N) is 1. The Morgan fingerprint density at radius 1 is 1.50 bits per heavy atom. The van der Waals surface area contributed by atoms with Gasteiger partial charge in [-0.15, -0.1) is 0 Å². The maximum atomic E-state index is 13.0. The second kappa shape index (κ2) is 5.21. The standard InChI is InChI=1S/C13H15BrFNOS/c1-13(2)8-16(5-6-18-13)12(17)10-4-3-9(15)7-11(10)14/h3-4,7H,5-6,8H2,1-2H3. The van der Waals surface area contributed by atoms with Gasteiger partial charge in [-0.2, -0.15) is 11.8 Å². The molecule has 0 aliphatic carbocycles. The quantitative estimate of drug-likeness (QED) is 0.784. The van der Waals surface area contributed by atoms with Crippen LogP contribution in [0, 0.1) is 5.82 Å². The molecule has 0 spiro atoms. The Morgan fingerprint density at radius 2 is 2.22 bits per heavy atom. The first-order chi connectivity index (χ1) is 8.39. The molecule has 0 unspecified atom stereocenters.